The van der Waals surface area contributed by atoms with Gasteiger partial charge in [-0.3, -0.25) is 4.79 Å². The molecule has 0 saturated carbocycles. The highest BCUT2D eigenvalue weighted by molar-refractivity contribution is 9.10. The molecule has 0 saturated heterocycles. The van der Waals surface area contributed by atoms with Crippen LogP contribution in [-0.2, 0) is 0 Å². The standard InChI is InChI=1S/C12H12BrNO3/c1-3-9(6-14)17-12-10(13)4-8(7-15)5-11(12)16-2/h4-5,7,9H,3H2,1-2H3. The highest BCUT2D eigenvalue weighted by Gasteiger charge is 2.15. The lowest BCUT2D eigenvalue weighted by Gasteiger charge is -2.15. The first kappa shape index (κ1) is 13.5. The summed E-state index contributed by atoms with van der Waals surface area (Å²) >= 11 is 3.29. The van der Waals surface area contributed by atoms with Gasteiger partial charge in [-0.1, -0.05) is 6.92 Å². The average Bonchev–Trinajstić information content (AvgIpc) is 2.36. The molecular weight excluding hydrogens is 286 g/mol. The van der Waals surface area contributed by atoms with Gasteiger partial charge in [-0.2, -0.15) is 5.26 Å². The van der Waals surface area contributed by atoms with Crippen LogP contribution in [0.4, 0.5) is 0 Å². The van der Waals surface area contributed by atoms with Crippen LogP contribution in [0, 0.1) is 11.3 Å². The Morgan fingerprint density at radius 1 is 1.59 bits per heavy atom. The van der Waals surface area contributed by atoms with Crippen LogP contribution in [0.1, 0.15) is 23.7 Å². The molecule has 0 N–H and O–H groups in total. The fraction of sp³-hybridized carbons (Fsp3) is 0.333. The number of ether oxygens (including phenoxy) is 2. The van der Waals surface area contributed by atoms with Crippen LogP contribution in [0.25, 0.3) is 0 Å². The number of rotatable bonds is 5. The molecule has 1 rings (SSSR count). The molecule has 0 spiro atoms. The fourth-order valence-electron chi connectivity index (χ4n) is 1.27. The molecular formula is C12H12BrNO3. The van der Waals surface area contributed by atoms with Crippen LogP contribution in [0.2, 0.25) is 0 Å². The number of hydrogen-bond donors (Lipinski definition) is 0. The van der Waals surface area contributed by atoms with E-state index in [9.17, 15) is 4.79 Å². The van der Waals surface area contributed by atoms with Crippen molar-refractivity contribution in [3.8, 4) is 17.6 Å². The van der Waals surface area contributed by atoms with E-state index in [2.05, 4.69) is 15.9 Å². The number of aldehydes is 1. The van der Waals surface area contributed by atoms with Crippen LogP contribution in [0.5, 0.6) is 11.5 Å². The molecule has 0 amide bonds. The van der Waals surface area contributed by atoms with Gasteiger partial charge in [0, 0.05) is 5.56 Å². The Hall–Kier alpha value is -1.54. The quantitative estimate of drug-likeness (QED) is 0.784. The lowest BCUT2D eigenvalue weighted by atomic mass is 10.2. The molecule has 0 aliphatic rings. The highest BCUT2D eigenvalue weighted by Crippen LogP contribution is 2.37. The van der Waals surface area contributed by atoms with Gasteiger partial charge in [0.1, 0.15) is 12.4 Å². The second kappa shape index (κ2) is 6.26. The number of nitrogens with zero attached hydrogens (tertiary/aromatic N) is 1. The van der Waals surface area contributed by atoms with Crippen LogP contribution in [0.15, 0.2) is 16.6 Å². The second-order valence-electron chi connectivity index (χ2n) is 3.30. The van der Waals surface area contributed by atoms with E-state index >= 15 is 0 Å². The molecule has 1 aromatic rings. The second-order valence-corrected chi connectivity index (χ2v) is 4.15. The lowest BCUT2D eigenvalue weighted by molar-refractivity contribution is 0.112. The molecule has 0 radical (unpaired) electrons. The molecule has 5 heteroatoms. The van der Waals surface area contributed by atoms with Crippen molar-refractivity contribution in [3.05, 3.63) is 22.2 Å². The van der Waals surface area contributed by atoms with Gasteiger partial charge < -0.3 is 9.47 Å². The minimum Gasteiger partial charge on any atom is -0.493 e. The molecule has 0 bridgehead atoms. The Balaban J connectivity index is 3.14. The maximum absolute atomic E-state index is 10.7. The van der Waals surface area contributed by atoms with E-state index in [0.29, 0.717) is 28.0 Å². The summed E-state index contributed by atoms with van der Waals surface area (Å²) in [6.07, 6.45) is 0.752. The molecule has 0 aromatic heterocycles. The van der Waals surface area contributed by atoms with Crippen molar-refractivity contribution in [2.24, 2.45) is 0 Å². The third-order valence-electron chi connectivity index (χ3n) is 2.16. The van der Waals surface area contributed by atoms with Gasteiger partial charge in [-0.15, -0.1) is 0 Å². The lowest BCUT2D eigenvalue weighted by Crippen LogP contribution is -2.13. The zero-order valence-corrected chi connectivity index (χ0v) is 11.2. The maximum Gasteiger partial charge on any atom is 0.184 e. The monoisotopic (exact) mass is 297 g/mol. The summed E-state index contributed by atoms with van der Waals surface area (Å²) < 4.78 is 11.2. The average molecular weight is 298 g/mol. The van der Waals surface area contributed by atoms with Gasteiger partial charge in [0.2, 0.25) is 0 Å². The number of hydrogen-bond acceptors (Lipinski definition) is 4. The maximum atomic E-state index is 10.7. The minimum absolute atomic E-state index is 0.426. The molecule has 0 heterocycles. The van der Waals surface area contributed by atoms with Crippen molar-refractivity contribution in [3.63, 3.8) is 0 Å². The smallest absolute Gasteiger partial charge is 0.184 e. The van der Waals surface area contributed by atoms with E-state index in [4.69, 9.17) is 14.7 Å². The van der Waals surface area contributed by atoms with E-state index in [1.165, 1.54) is 7.11 Å². The molecule has 1 unspecified atom stereocenters. The van der Waals surface area contributed by atoms with Crippen molar-refractivity contribution in [2.75, 3.05) is 7.11 Å². The first-order valence-corrected chi connectivity index (χ1v) is 5.84. The molecule has 4 nitrogen and oxygen atoms in total. The van der Waals surface area contributed by atoms with Crippen molar-refractivity contribution in [1.82, 2.24) is 0 Å². The van der Waals surface area contributed by atoms with Gasteiger partial charge in [-0.05, 0) is 34.5 Å². The fourth-order valence-corrected chi connectivity index (χ4v) is 1.82. The van der Waals surface area contributed by atoms with E-state index < -0.39 is 6.10 Å². The number of carbonyl (C=O) groups is 1. The molecule has 90 valence electrons. The van der Waals surface area contributed by atoms with Crippen LogP contribution >= 0.6 is 15.9 Å². The summed E-state index contributed by atoms with van der Waals surface area (Å²) in [5.74, 6) is 0.863. The predicted octanol–water partition coefficient (Wildman–Crippen LogP) is 2.95. The first-order chi connectivity index (χ1) is 8.15. The molecule has 1 atom stereocenters. The number of nitriles is 1. The van der Waals surface area contributed by atoms with E-state index in [-0.39, 0.29) is 0 Å². The number of halogens is 1. The topological polar surface area (TPSA) is 59.3 Å². The third-order valence-corrected chi connectivity index (χ3v) is 2.75. The van der Waals surface area contributed by atoms with E-state index in [0.717, 1.165) is 6.29 Å². The van der Waals surface area contributed by atoms with Crippen molar-refractivity contribution in [1.29, 1.82) is 5.26 Å². The Kier molecular flexibility index (Phi) is 4.98. The van der Waals surface area contributed by atoms with Crippen LogP contribution in [-0.4, -0.2) is 19.5 Å². The number of benzene rings is 1. The van der Waals surface area contributed by atoms with Gasteiger partial charge in [0.25, 0.3) is 0 Å². The van der Waals surface area contributed by atoms with Gasteiger partial charge >= 0.3 is 0 Å². The Morgan fingerprint density at radius 3 is 2.76 bits per heavy atom. The van der Waals surface area contributed by atoms with Crippen LogP contribution < -0.4 is 9.47 Å². The zero-order chi connectivity index (χ0) is 12.8. The third kappa shape index (κ3) is 3.21. The Bertz CT molecular complexity index is 454. The molecule has 17 heavy (non-hydrogen) atoms. The highest BCUT2D eigenvalue weighted by atomic mass is 79.9. The SMILES string of the molecule is CCC(C#N)Oc1c(Br)cc(C=O)cc1OC. The van der Waals surface area contributed by atoms with Crippen molar-refractivity contribution >= 4 is 22.2 Å². The molecule has 0 aliphatic heterocycles. The summed E-state index contributed by atoms with van der Waals surface area (Å²) in [5.41, 5.74) is 0.478. The summed E-state index contributed by atoms with van der Waals surface area (Å²) in [5, 5.41) is 8.86. The van der Waals surface area contributed by atoms with Gasteiger partial charge in [-0.25, -0.2) is 0 Å². The Morgan fingerprint density at radius 2 is 2.29 bits per heavy atom. The summed E-state index contributed by atoms with van der Waals surface area (Å²) in [4.78, 5) is 10.7. The first-order valence-electron chi connectivity index (χ1n) is 5.05. The van der Waals surface area contributed by atoms with E-state index in [1.54, 1.807) is 12.1 Å². The van der Waals surface area contributed by atoms with Gasteiger partial charge in [0.15, 0.2) is 17.6 Å². The summed E-state index contributed by atoms with van der Waals surface area (Å²) in [6, 6.07) is 5.23. The zero-order valence-electron chi connectivity index (χ0n) is 9.57. The van der Waals surface area contributed by atoms with E-state index in [1.807, 2.05) is 13.0 Å². The molecule has 0 fully saturated rings. The predicted molar refractivity (Wildman–Crippen MR) is 66.4 cm³/mol. The van der Waals surface area contributed by atoms with Crippen LogP contribution in [0.3, 0.4) is 0 Å². The molecule has 0 aliphatic carbocycles. The van der Waals surface area contributed by atoms with Crippen molar-refractivity contribution < 1.29 is 14.3 Å². The Labute approximate surface area is 108 Å². The number of methoxy groups -OCH3 is 1. The van der Waals surface area contributed by atoms with Crippen molar-refractivity contribution in [2.45, 2.75) is 19.4 Å². The summed E-state index contributed by atoms with van der Waals surface area (Å²) in [7, 11) is 1.48. The normalized spacial score (nSPS) is 11.4. The van der Waals surface area contributed by atoms with Gasteiger partial charge in [0.05, 0.1) is 11.6 Å². The summed E-state index contributed by atoms with van der Waals surface area (Å²) in [6.45, 7) is 1.86. The molecule has 1 aromatic carbocycles. The minimum atomic E-state index is -0.540. The largest absolute Gasteiger partial charge is 0.493 e. The number of carbonyl (C=O) groups excluding carboxylic acids is 1.